The summed E-state index contributed by atoms with van der Waals surface area (Å²) in [4.78, 5) is 26.8. The topological polar surface area (TPSA) is 85.6 Å². The van der Waals surface area contributed by atoms with Crippen LogP contribution in [0.1, 0.15) is 36.8 Å². The Kier molecular flexibility index (Phi) is 8.45. The maximum absolute atomic E-state index is 16.6. The predicted octanol–water partition coefficient (Wildman–Crippen LogP) is 4.99. The third-order valence-electron chi connectivity index (χ3n) is 9.12. The number of rotatable bonds is 7. The van der Waals surface area contributed by atoms with E-state index in [1.54, 1.807) is 11.0 Å². The first-order chi connectivity index (χ1) is 21.3. The second-order valence-electron chi connectivity index (χ2n) is 11.9. The number of likely N-dealkylation sites (N-methyl/N-ethyl adjacent to an activating group) is 1. The Morgan fingerprint density at radius 3 is 2.75 bits per heavy atom. The van der Waals surface area contributed by atoms with Gasteiger partial charge in [0.1, 0.15) is 29.9 Å². The zero-order valence-electron chi connectivity index (χ0n) is 24.7. The molecule has 0 bridgehead atoms. The summed E-state index contributed by atoms with van der Waals surface area (Å²) in [5.41, 5.74) is 2.36. The molecule has 3 aliphatic rings. The van der Waals surface area contributed by atoms with Gasteiger partial charge in [0.25, 0.3) is 0 Å². The Hall–Kier alpha value is -4.17. The van der Waals surface area contributed by atoms with Gasteiger partial charge < -0.3 is 14.5 Å². The van der Waals surface area contributed by atoms with Gasteiger partial charge in [0.15, 0.2) is 5.82 Å². The number of nitrogens with zero attached hydrogens (tertiary/aromatic N) is 6. The van der Waals surface area contributed by atoms with E-state index in [-0.39, 0.29) is 66.4 Å². The molecule has 0 saturated carbocycles. The molecule has 11 heteroatoms. The molecule has 2 fully saturated rings. The van der Waals surface area contributed by atoms with E-state index in [9.17, 15) is 14.4 Å². The molecule has 3 aromatic rings. The van der Waals surface area contributed by atoms with Gasteiger partial charge in [-0.25, -0.2) is 13.2 Å². The number of nitriles is 1. The van der Waals surface area contributed by atoms with E-state index in [1.165, 1.54) is 12.1 Å². The Labute approximate surface area is 254 Å². The van der Waals surface area contributed by atoms with Crippen molar-refractivity contribution in [2.24, 2.45) is 0 Å². The minimum Gasteiger partial charge on any atom is -0.462 e. The molecule has 3 heterocycles. The summed E-state index contributed by atoms with van der Waals surface area (Å²) < 4.78 is 52.6. The fourth-order valence-corrected chi connectivity index (χ4v) is 6.84. The van der Waals surface area contributed by atoms with E-state index < -0.39 is 23.8 Å². The number of ether oxygens (including phenoxy) is 1. The van der Waals surface area contributed by atoms with Crippen LogP contribution in [0.15, 0.2) is 36.9 Å². The Morgan fingerprint density at radius 1 is 1.18 bits per heavy atom. The van der Waals surface area contributed by atoms with Crippen molar-refractivity contribution in [3.63, 3.8) is 0 Å². The molecular weight excluding hydrogens is 569 g/mol. The molecule has 1 aromatic heterocycles. The Bertz CT molecular complexity index is 1640. The smallest absolute Gasteiger partial charge is 0.319 e. The second kappa shape index (κ2) is 12.4. The quantitative estimate of drug-likeness (QED) is 0.351. The molecule has 2 saturated heterocycles. The van der Waals surface area contributed by atoms with Crippen molar-refractivity contribution >= 4 is 22.6 Å². The van der Waals surface area contributed by atoms with Crippen LogP contribution < -0.4 is 9.64 Å². The van der Waals surface area contributed by atoms with Gasteiger partial charge in [-0.3, -0.25) is 9.69 Å². The monoisotopic (exact) mass is 604 g/mol. The summed E-state index contributed by atoms with van der Waals surface area (Å²) in [6.07, 6.45) is 4.20. The molecular formula is C33H35F3N6O2. The maximum Gasteiger partial charge on any atom is 0.319 e. The van der Waals surface area contributed by atoms with Gasteiger partial charge in [-0.05, 0) is 68.0 Å². The van der Waals surface area contributed by atoms with E-state index in [1.807, 2.05) is 29.0 Å². The number of hydrogen-bond acceptors (Lipinski definition) is 7. The maximum atomic E-state index is 16.6. The van der Waals surface area contributed by atoms with Crippen molar-refractivity contribution in [1.82, 2.24) is 19.8 Å². The van der Waals surface area contributed by atoms with Gasteiger partial charge in [0.2, 0.25) is 5.91 Å². The third-order valence-corrected chi connectivity index (χ3v) is 9.12. The Morgan fingerprint density at radius 2 is 2.00 bits per heavy atom. The molecule has 0 radical (unpaired) electrons. The molecule has 8 nitrogen and oxygen atoms in total. The lowest BCUT2D eigenvalue weighted by atomic mass is 9.85. The highest BCUT2D eigenvalue weighted by atomic mass is 19.1. The molecule has 3 atom stereocenters. The minimum absolute atomic E-state index is 0.0624. The average molecular weight is 605 g/mol. The molecule has 0 N–H and O–H groups in total. The van der Waals surface area contributed by atoms with Crippen LogP contribution in [0, 0.1) is 23.0 Å². The summed E-state index contributed by atoms with van der Waals surface area (Å²) in [5, 5.41) is 9.63. The molecule has 2 aromatic carbocycles. The Balaban J connectivity index is 1.45. The number of likely N-dealkylation sites (tertiary alicyclic amines) is 1. The number of benzene rings is 2. The minimum atomic E-state index is -0.965. The van der Waals surface area contributed by atoms with Crippen LogP contribution in [-0.4, -0.2) is 83.8 Å². The van der Waals surface area contributed by atoms with Gasteiger partial charge in [-0.1, -0.05) is 24.8 Å². The number of carbonyl (C=O) groups is 1. The van der Waals surface area contributed by atoms with Crippen LogP contribution in [-0.2, 0) is 17.6 Å². The van der Waals surface area contributed by atoms with Crippen molar-refractivity contribution in [3.05, 3.63) is 59.7 Å². The van der Waals surface area contributed by atoms with Crippen molar-refractivity contribution in [3.8, 4) is 23.2 Å². The van der Waals surface area contributed by atoms with Gasteiger partial charge in [-0.2, -0.15) is 15.2 Å². The molecule has 1 aliphatic carbocycles. The number of fused-ring (bicyclic) bond motifs is 2. The van der Waals surface area contributed by atoms with E-state index in [4.69, 9.17) is 4.74 Å². The van der Waals surface area contributed by atoms with Crippen LogP contribution in [0.25, 0.3) is 22.0 Å². The summed E-state index contributed by atoms with van der Waals surface area (Å²) in [6, 6.07) is 8.21. The molecule has 230 valence electrons. The van der Waals surface area contributed by atoms with Crippen LogP contribution >= 0.6 is 0 Å². The summed E-state index contributed by atoms with van der Waals surface area (Å²) in [6.45, 7) is 4.75. The fourth-order valence-electron chi connectivity index (χ4n) is 6.84. The highest BCUT2D eigenvalue weighted by Gasteiger charge is 2.33. The zero-order chi connectivity index (χ0) is 31.0. The predicted molar refractivity (Wildman–Crippen MR) is 161 cm³/mol. The zero-order valence-corrected chi connectivity index (χ0v) is 24.7. The van der Waals surface area contributed by atoms with Crippen molar-refractivity contribution in [2.45, 2.75) is 56.8 Å². The summed E-state index contributed by atoms with van der Waals surface area (Å²) >= 11 is 0. The fraction of sp³-hybridized carbons (Fsp3) is 0.455. The van der Waals surface area contributed by atoms with Gasteiger partial charge in [0.05, 0.1) is 24.1 Å². The first-order valence-electron chi connectivity index (χ1n) is 15.1. The number of piperazine rings is 1. The van der Waals surface area contributed by atoms with E-state index >= 15 is 8.78 Å². The standard InChI is InChI=1S/C33H35F3N6O2/c1-3-28(43)42-14-13-41(18-22(42)11-12-37)32-26-16-27(35)29(25-10-6-8-20-7-4-5-9-24(20)25)30(36)31(26)38-33(39-32)44-19-23-15-21(34)17-40(23)2/h3,6,8,10,16,21-23H,1,4-5,7,9,11,13-15,17-19H2,2H3/t21-,22+,23+/m1/s1. The number of aryl methyl sites for hydroxylation is 1. The lowest BCUT2D eigenvalue weighted by Gasteiger charge is -2.41. The van der Waals surface area contributed by atoms with Crippen molar-refractivity contribution in [1.29, 1.82) is 5.26 Å². The largest absolute Gasteiger partial charge is 0.462 e. The van der Waals surface area contributed by atoms with Crippen LogP contribution in [0.3, 0.4) is 0 Å². The first kappa shape index (κ1) is 29.9. The average Bonchev–Trinajstić information content (AvgIpc) is 3.36. The van der Waals surface area contributed by atoms with Crippen LogP contribution in [0.2, 0.25) is 0 Å². The van der Waals surface area contributed by atoms with Crippen LogP contribution in [0.4, 0.5) is 19.0 Å². The SMILES string of the molecule is C=CC(=O)N1CCN(c2nc(OC[C@@H]3C[C@@H](F)CN3C)nc3c(F)c(-c4cccc5c4CCCC5)c(F)cc23)C[C@@H]1CC#N. The number of aromatic nitrogens is 2. The number of carbonyl (C=O) groups excluding carboxylic acids is 1. The number of anilines is 1. The van der Waals surface area contributed by atoms with Gasteiger partial charge in [-0.15, -0.1) is 0 Å². The highest BCUT2D eigenvalue weighted by Crippen LogP contribution is 2.39. The number of hydrogen-bond donors (Lipinski definition) is 0. The molecule has 2 aliphatic heterocycles. The molecule has 1 amide bonds. The lowest BCUT2D eigenvalue weighted by Crippen LogP contribution is -2.55. The normalized spacial score (nSPS) is 22.1. The summed E-state index contributed by atoms with van der Waals surface area (Å²) in [7, 11) is 1.81. The van der Waals surface area contributed by atoms with Crippen molar-refractivity contribution < 1.29 is 22.7 Å². The second-order valence-corrected chi connectivity index (χ2v) is 11.9. The van der Waals surface area contributed by atoms with Crippen LogP contribution in [0.5, 0.6) is 6.01 Å². The number of halogens is 3. The van der Waals surface area contributed by atoms with Gasteiger partial charge in [0, 0.05) is 37.6 Å². The molecule has 6 rings (SSSR count). The van der Waals surface area contributed by atoms with E-state index in [2.05, 4.69) is 22.6 Å². The third kappa shape index (κ3) is 5.59. The molecule has 44 heavy (non-hydrogen) atoms. The van der Waals surface area contributed by atoms with E-state index in [0.717, 1.165) is 36.8 Å². The lowest BCUT2D eigenvalue weighted by molar-refractivity contribution is -0.128. The van der Waals surface area contributed by atoms with Crippen molar-refractivity contribution in [2.75, 3.05) is 44.7 Å². The summed E-state index contributed by atoms with van der Waals surface area (Å²) in [5.74, 6) is -1.56. The molecule has 0 unspecified atom stereocenters. The number of alkyl halides is 1. The molecule has 0 spiro atoms. The number of amides is 1. The highest BCUT2D eigenvalue weighted by molar-refractivity contribution is 5.94. The van der Waals surface area contributed by atoms with E-state index in [0.29, 0.717) is 25.1 Å². The first-order valence-corrected chi connectivity index (χ1v) is 15.1. The van der Waals surface area contributed by atoms with Gasteiger partial charge >= 0.3 is 6.01 Å².